The number of nitrogens with zero attached hydrogens (tertiary/aromatic N) is 1. The van der Waals surface area contributed by atoms with Crippen molar-refractivity contribution in [2.24, 2.45) is 0 Å². The van der Waals surface area contributed by atoms with Gasteiger partial charge in [-0.3, -0.25) is 4.79 Å². The van der Waals surface area contributed by atoms with Crippen LogP contribution in [0.15, 0.2) is 40.1 Å². The maximum atomic E-state index is 13.0. The van der Waals surface area contributed by atoms with E-state index in [-0.39, 0.29) is 17.4 Å². The lowest BCUT2D eigenvalue weighted by atomic mass is 9.96. The van der Waals surface area contributed by atoms with Crippen LogP contribution in [-0.2, 0) is 10.3 Å². The molecule has 0 spiro atoms. The van der Waals surface area contributed by atoms with Crippen molar-refractivity contribution in [2.75, 3.05) is 0 Å². The Bertz CT molecular complexity index is 872. The Morgan fingerprint density at radius 1 is 1.32 bits per heavy atom. The molecule has 2 heterocycles. The van der Waals surface area contributed by atoms with Gasteiger partial charge in [0.25, 0.3) is 0 Å². The van der Waals surface area contributed by atoms with Crippen molar-refractivity contribution in [3.8, 4) is 0 Å². The first-order valence-corrected chi connectivity index (χ1v) is 9.68. The monoisotopic (exact) mass is 354 g/mol. The fourth-order valence-corrected chi connectivity index (χ4v) is 4.65. The molecule has 2 aromatic heterocycles. The number of rotatable bonds is 4. The average Bonchev–Trinajstić information content (AvgIpc) is 3.33. The number of thiazole rings is 1. The molecular weight excluding hydrogens is 332 g/mol. The number of aryl methyl sites for hydroxylation is 1. The summed E-state index contributed by atoms with van der Waals surface area (Å²) in [7, 11) is 0. The maximum absolute atomic E-state index is 13.0. The minimum Gasteiger partial charge on any atom is -0.460 e. The van der Waals surface area contributed by atoms with E-state index in [4.69, 9.17) is 4.42 Å². The van der Waals surface area contributed by atoms with E-state index in [9.17, 15) is 4.79 Å². The van der Waals surface area contributed by atoms with E-state index in [0.717, 1.165) is 47.4 Å². The topological polar surface area (TPSA) is 55.1 Å². The Morgan fingerprint density at radius 3 is 2.76 bits per heavy atom. The van der Waals surface area contributed by atoms with Gasteiger partial charge in [-0.1, -0.05) is 31.0 Å². The van der Waals surface area contributed by atoms with Crippen LogP contribution in [0, 0.1) is 6.92 Å². The van der Waals surface area contributed by atoms with Crippen molar-refractivity contribution >= 4 is 28.2 Å². The van der Waals surface area contributed by atoms with Crippen LogP contribution in [0.4, 0.5) is 0 Å². The minimum absolute atomic E-state index is 0.00816. The van der Waals surface area contributed by atoms with Gasteiger partial charge in [-0.15, -0.1) is 11.3 Å². The van der Waals surface area contributed by atoms with E-state index in [0.29, 0.717) is 5.76 Å². The molecule has 1 amide bonds. The molecule has 1 atom stereocenters. The van der Waals surface area contributed by atoms with Crippen molar-refractivity contribution < 1.29 is 9.21 Å². The zero-order valence-corrected chi connectivity index (χ0v) is 15.4. The molecule has 1 unspecified atom stereocenters. The highest BCUT2D eigenvalue weighted by molar-refractivity contribution is 7.09. The molecule has 1 saturated carbocycles. The zero-order valence-electron chi connectivity index (χ0n) is 14.5. The summed E-state index contributed by atoms with van der Waals surface area (Å²) in [4.78, 5) is 17.6. The molecule has 1 N–H and O–H groups in total. The molecule has 1 aromatic carbocycles. The average molecular weight is 354 g/mol. The van der Waals surface area contributed by atoms with E-state index >= 15 is 0 Å². The minimum atomic E-state index is -0.328. The van der Waals surface area contributed by atoms with E-state index < -0.39 is 0 Å². The fourth-order valence-electron chi connectivity index (χ4n) is 3.63. The van der Waals surface area contributed by atoms with Gasteiger partial charge in [0.15, 0.2) is 0 Å². The number of hydrogen-bond donors (Lipinski definition) is 1. The number of fused-ring (bicyclic) bond motifs is 1. The van der Waals surface area contributed by atoms with Crippen molar-refractivity contribution in [3.05, 3.63) is 52.2 Å². The quantitative estimate of drug-likeness (QED) is 0.726. The van der Waals surface area contributed by atoms with Crippen molar-refractivity contribution in [3.63, 3.8) is 0 Å². The van der Waals surface area contributed by atoms with Gasteiger partial charge in [0, 0.05) is 16.5 Å². The second kappa shape index (κ2) is 6.30. The Kier molecular flexibility index (Phi) is 4.12. The summed E-state index contributed by atoms with van der Waals surface area (Å²) in [6.07, 6.45) is 4.16. The fraction of sp³-hybridized carbons (Fsp3) is 0.400. The van der Waals surface area contributed by atoms with Crippen LogP contribution in [0.1, 0.15) is 55.0 Å². The summed E-state index contributed by atoms with van der Waals surface area (Å²) < 4.78 is 5.88. The number of carbonyl (C=O) groups is 1. The number of carbonyl (C=O) groups excluding carboxylic acids is 1. The van der Waals surface area contributed by atoms with Gasteiger partial charge < -0.3 is 9.73 Å². The van der Waals surface area contributed by atoms with Crippen molar-refractivity contribution in [1.82, 2.24) is 10.3 Å². The largest absolute Gasteiger partial charge is 0.460 e. The molecule has 0 radical (unpaired) electrons. The molecule has 0 aliphatic heterocycles. The van der Waals surface area contributed by atoms with Crippen LogP contribution >= 0.6 is 11.3 Å². The smallest absolute Gasteiger partial charge is 0.231 e. The predicted molar refractivity (Wildman–Crippen MR) is 99.8 cm³/mol. The molecule has 130 valence electrons. The molecule has 1 aliphatic carbocycles. The van der Waals surface area contributed by atoms with Gasteiger partial charge in [-0.05, 0) is 38.8 Å². The van der Waals surface area contributed by atoms with Gasteiger partial charge in [0.1, 0.15) is 16.4 Å². The molecule has 0 bridgehead atoms. The van der Waals surface area contributed by atoms with E-state index in [2.05, 4.69) is 15.7 Å². The summed E-state index contributed by atoms with van der Waals surface area (Å²) in [5.74, 6) is 0.391. The van der Waals surface area contributed by atoms with Gasteiger partial charge in [0.2, 0.25) is 5.91 Å². The van der Waals surface area contributed by atoms with Crippen LogP contribution < -0.4 is 5.32 Å². The van der Waals surface area contributed by atoms with Crippen LogP contribution in [-0.4, -0.2) is 10.9 Å². The predicted octanol–water partition coefficient (Wildman–Crippen LogP) is 4.89. The Labute approximate surface area is 151 Å². The Morgan fingerprint density at radius 2 is 2.08 bits per heavy atom. The van der Waals surface area contributed by atoms with Crippen LogP contribution in [0.3, 0.4) is 0 Å². The van der Waals surface area contributed by atoms with Crippen molar-refractivity contribution in [1.29, 1.82) is 0 Å². The van der Waals surface area contributed by atoms with Gasteiger partial charge in [-0.25, -0.2) is 4.98 Å². The normalized spacial score (nSPS) is 17.7. The van der Waals surface area contributed by atoms with Gasteiger partial charge >= 0.3 is 0 Å². The van der Waals surface area contributed by atoms with Crippen LogP contribution in [0.25, 0.3) is 11.0 Å². The zero-order chi connectivity index (χ0) is 17.4. The van der Waals surface area contributed by atoms with Crippen LogP contribution in [0.5, 0.6) is 0 Å². The Hall–Kier alpha value is -2.14. The van der Waals surface area contributed by atoms with Gasteiger partial charge in [-0.2, -0.15) is 0 Å². The highest BCUT2D eigenvalue weighted by Gasteiger charge is 2.40. The summed E-state index contributed by atoms with van der Waals surface area (Å²) in [5.41, 5.74) is 1.53. The number of hydrogen-bond acceptors (Lipinski definition) is 4. The summed E-state index contributed by atoms with van der Waals surface area (Å²) in [5, 5.41) is 7.44. The lowest BCUT2D eigenvalue weighted by molar-refractivity contribution is -0.124. The highest BCUT2D eigenvalue weighted by atomic mass is 32.1. The molecule has 5 heteroatoms. The molecule has 1 aliphatic rings. The second-order valence-electron chi connectivity index (χ2n) is 6.98. The summed E-state index contributed by atoms with van der Waals surface area (Å²) in [6.45, 7) is 3.91. The lowest BCUT2D eigenvalue weighted by Gasteiger charge is -2.29. The highest BCUT2D eigenvalue weighted by Crippen LogP contribution is 2.40. The third-order valence-electron chi connectivity index (χ3n) is 5.11. The molecule has 25 heavy (non-hydrogen) atoms. The van der Waals surface area contributed by atoms with E-state index in [1.165, 1.54) is 0 Å². The summed E-state index contributed by atoms with van der Waals surface area (Å²) >= 11 is 1.65. The third kappa shape index (κ3) is 2.97. The Balaban J connectivity index is 1.59. The van der Waals surface area contributed by atoms with E-state index in [1.54, 1.807) is 11.3 Å². The number of furan rings is 1. The maximum Gasteiger partial charge on any atom is 0.231 e. The second-order valence-corrected chi connectivity index (χ2v) is 7.84. The lowest BCUT2D eigenvalue weighted by Crippen LogP contribution is -2.45. The number of para-hydroxylation sites is 1. The number of nitrogens with one attached hydrogen (secondary N) is 1. The number of aromatic nitrogens is 1. The number of benzene rings is 1. The SMILES string of the molecule is Cc1csc(C2(NC(=O)C(C)c3cc4ccccc4o3)CCCC2)n1. The van der Waals surface area contributed by atoms with Gasteiger partial charge in [0.05, 0.1) is 11.5 Å². The van der Waals surface area contributed by atoms with Crippen LogP contribution in [0.2, 0.25) is 0 Å². The molecule has 0 saturated heterocycles. The van der Waals surface area contributed by atoms with E-state index in [1.807, 2.05) is 44.2 Å². The molecule has 1 fully saturated rings. The third-order valence-corrected chi connectivity index (χ3v) is 6.28. The molecule has 4 rings (SSSR count). The number of amides is 1. The molecular formula is C20H22N2O2S. The standard InChI is InChI=1S/C20H22N2O2S/c1-13-12-25-19(21-13)20(9-5-6-10-20)22-18(23)14(2)17-11-15-7-3-4-8-16(15)24-17/h3-4,7-8,11-12,14H,5-6,9-10H2,1-2H3,(H,22,23). The summed E-state index contributed by atoms with van der Waals surface area (Å²) in [6, 6.07) is 9.82. The van der Waals surface area contributed by atoms with Crippen molar-refractivity contribution in [2.45, 2.75) is 51.0 Å². The molecule has 4 nitrogen and oxygen atoms in total. The first-order valence-electron chi connectivity index (χ1n) is 8.80. The molecule has 3 aromatic rings. The first-order chi connectivity index (χ1) is 12.1. The first kappa shape index (κ1) is 16.3.